The molecule has 0 bridgehead atoms. The highest BCUT2D eigenvalue weighted by atomic mass is 16.6. The number of hydrogen-bond donors (Lipinski definition) is 0. The fourth-order valence-electron chi connectivity index (χ4n) is 5.39. The lowest BCUT2D eigenvalue weighted by Gasteiger charge is -2.06. The minimum atomic E-state index is -0.665. The van der Waals surface area contributed by atoms with Gasteiger partial charge in [0.1, 0.15) is 17.8 Å². The molecule has 5 rings (SSSR count). The van der Waals surface area contributed by atoms with Gasteiger partial charge in [0, 0.05) is 0 Å². The van der Waals surface area contributed by atoms with Gasteiger partial charge in [0.15, 0.2) is 0 Å². The van der Waals surface area contributed by atoms with Gasteiger partial charge in [0.2, 0.25) is 11.8 Å². The predicted molar refractivity (Wildman–Crippen MR) is 224 cm³/mol. The monoisotopic (exact) mass is 780 g/mol. The number of unbranched alkanes of at least 4 members (excludes halogenated alkanes) is 8. The maximum absolute atomic E-state index is 12.8. The third-order valence-corrected chi connectivity index (χ3v) is 8.60. The summed E-state index contributed by atoms with van der Waals surface area (Å²) in [6, 6.07) is 28.9. The van der Waals surface area contributed by atoms with Crippen LogP contribution in [0.25, 0.3) is 0 Å². The molecule has 12 nitrogen and oxygen atoms in total. The molecular formula is C46H48N6O6. The van der Waals surface area contributed by atoms with Crippen molar-refractivity contribution in [3.8, 4) is 23.3 Å². The van der Waals surface area contributed by atoms with Crippen molar-refractivity contribution in [2.45, 2.75) is 64.2 Å². The van der Waals surface area contributed by atoms with Gasteiger partial charge < -0.3 is 18.9 Å². The third-order valence-electron chi connectivity index (χ3n) is 8.60. The first kappa shape index (κ1) is 42.3. The topological polar surface area (TPSA) is 146 Å². The van der Waals surface area contributed by atoms with Gasteiger partial charge in [-0.05, 0) is 136 Å². The quantitative estimate of drug-likeness (QED) is 0.0260. The Morgan fingerprint density at radius 2 is 0.828 bits per heavy atom. The van der Waals surface area contributed by atoms with Crippen LogP contribution in [0.4, 0.5) is 22.7 Å². The molecule has 0 aliphatic rings. The van der Waals surface area contributed by atoms with Crippen LogP contribution in [0, 0.1) is 0 Å². The number of allylic oxidation sites excluding steroid dienone is 2. The standard InChI is InChI=1S/C46H48N6O6/c1-3-5-7-9-11-13-31-55-41-27-23-39(24-28-41)51-49-37-19-15-35(16-20-37)45(53)57-43-33-44(48-34-47-43)58-46(54)36-17-21-38(22-18-36)50-52-40-25-29-42(30-26-40)56-32-14-12-10-8-6-4-2/h3-4,15-30,33-34H,1-2,5-14,31-32H2. The Morgan fingerprint density at radius 3 is 1.19 bits per heavy atom. The molecule has 0 aliphatic heterocycles. The van der Waals surface area contributed by atoms with Crippen molar-refractivity contribution >= 4 is 34.7 Å². The largest absolute Gasteiger partial charge is 0.494 e. The van der Waals surface area contributed by atoms with E-state index in [1.807, 2.05) is 60.7 Å². The second-order valence-electron chi connectivity index (χ2n) is 13.1. The Bertz CT molecular complexity index is 1950. The number of rotatable bonds is 24. The van der Waals surface area contributed by atoms with Crippen LogP contribution < -0.4 is 18.9 Å². The normalized spacial score (nSPS) is 11.0. The summed E-state index contributed by atoms with van der Waals surface area (Å²) in [6.45, 7) is 8.85. The van der Waals surface area contributed by atoms with Gasteiger partial charge in [-0.2, -0.15) is 20.5 Å². The van der Waals surface area contributed by atoms with E-state index >= 15 is 0 Å². The number of carbonyl (C=O) groups excluding carboxylic acids is 2. The van der Waals surface area contributed by atoms with Crippen LogP contribution in [0.15, 0.2) is 155 Å². The zero-order valence-corrected chi connectivity index (χ0v) is 32.6. The second-order valence-corrected chi connectivity index (χ2v) is 13.1. The number of aromatic nitrogens is 2. The van der Waals surface area contributed by atoms with Crippen molar-refractivity contribution in [3.63, 3.8) is 0 Å². The minimum Gasteiger partial charge on any atom is -0.494 e. The van der Waals surface area contributed by atoms with Crippen LogP contribution in [0.1, 0.15) is 84.9 Å². The SMILES string of the molecule is C=CCCCCCCOc1ccc(N=Nc2ccc(C(=O)Oc3cc(OC(=O)c4ccc(N=Nc5ccc(OCCCCCCC=C)cc5)cc4)ncn3)cc2)cc1. The molecule has 4 aromatic carbocycles. The number of esters is 2. The lowest BCUT2D eigenvalue weighted by atomic mass is 10.1. The van der Waals surface area contributed by atoms with Gasteiger partial charge in [0.05, 0.1) is 53.2 Å². The Kier molecular flexibility index (Phi) is 17.5. The van der Waals surface area contributed by atoms with Crippen LogP contribution in [-0.4, -0.2) is 35.1 Å². The number of nitrogens with zero attached hydrogens (tertiary/aromatic N) is 6. The van der Waals surface area contributed by atoms with Crippen molar-refractivity contribution in [2.75, 3.05) is 13.2 Å². The number of carbonyl (C=O) groups is 2. The summed E-state index contributed by atoms with van der Waals surface area (Å²) in [5.74, 6) is 0.0607. The lowest BCUT2D eigenvalue weighted by Crippen LogP contribution is -2.11. The van der Waals surface area contributed by atoms with E-state index in [0.29, 0.717) is 36.0 Å². The molecule has 1 aromatic heterocycles. The molecule has 1 heterocycles. The first-order valence-electron chi connectivity index (χ1n) is 19.5. The van der Waals surface area contributed by atoms with Crippen molar-refractivity contribution in [1.82, 2.24) is 9.97 Å². The fourth-order valence-corrected chi connectivity index (χ4v) is 5.39. The highest BCUT2D eigenvalue weighted by molar-refractivity contribution is 5.92. The molecule has 0 unspecified atom stereocenters. The zero-order chi connectivity index (χ0) is 40.6. The average molecular weight is 781 g/mol. The zero-order valence-electron chi connectivity index (χ0n) is 32.6. The van der Waals surface area contributed by atoms with Gasteiger partial charge in [-0.1, -0.05) is 37.8 Å². The van der Waals surface area contributed by atoms with Gasteiger partial charge in [-0.25, -0.2) is 19.6 Å². The highest BCUT2D eigenvalue weighted by Gasteiger charge is 2.14. The van der Waals surface area contributed by atoms with E-state index in [1.54, 1.807) is 48.5 Å². The molecule has 0 aliphatic carbocycles. The molecule has 58 heavy (non-hydrogen) atoms. The molecule has 0 radical (unpaired) electrons. The fraction of sp³-hybridized carbons (Fsp3) is 0.261. The van der Waals surface area contributed by atoms with Crippen LogP contribution in [-0.2, 0) is 0 Å². The average Bonchev–Trinajstić information content (AvgIpc) is 3.25. The second kappa shape index (κ2) is 24.0. The van der Waals surface area contributed by atoms with Crippen LogP contribution >= 0.6 is 0 Å². The maximum Gasteiger partial charge on any atom is 0.344 e. The molecule has 298 valence electrons. The van der Waals surface area contributed by atoms with Gasteiger partial charge in [-0.3, -0.25) is 0 Å². The summed E-state index contributed by atoms with van der Waals surface area (Å²) in [6.07, 6.45) is 16.1. The molecule has 0 atom stereocenters. The van der Waals surface area contributed by atoms with E-state index in [0.717, 1.165) is 56.4 Å². The first-order chi connectivity index (χ1) is 28.5. The first-order valence-corrected chi connectivity index (χ1v) is 19.5. The lowest BCUT2D eigenvalue weighted by molar-refractivity contribution is 0.0722. The van der Waals surface area contributed by atoms with Crippen LogP contribution in [0.3, 0.4) is 0 Å². The summed E-state index contributed by atoms with van der Waals surface area (Å²) < 4.78 is 22.4. The molecule has 5 aromatic rings. The molecule has 0 amide bonds. The highest BCUT2D eigenvalue weighted by Crippen LogP contribution is 2.25. The molecule has 0 saturated carbocycles. The van der Waals surface area contributed by atoms with Crippen molar-refractivity contribution in [3.05, 3.63) is 146 Å². The van der Waals surface area contributed by atoms with E-state index in [4.69, 9.17) is 18.9 Å². The Hall–Kier alpha value is -6.82. The van der Waals surface area contributed by atoms with Gasteiger partial charge >= 0.3 is 11.9 Å². The van der Waals surface area contributed by atoms with Crippen molar-refractivity contribution in [1.29, 1.82) is 0 Å². The Labute approximate surface area is 339 Å². The smallest absolute Gasteiger partial charge is 0.344 e. The Morgan fingerprint density at radius 1 is 0.483 bits per heavy atom. The van der Waals surface area contributed by atoms with Gasteiger partial charge in [0.25, 0.3) is 0 Å². The number of benzene rings is 4. The van der Waals surface area contributed by atoms with Crippen LogP contribution in [0.5, 0.6) is 23.3 Å². The van der Waals surface area contributed by atoms with Crippen LogP contribution in [0.2, 0.25) is 0 Å². The van der Waals surface area contributed by atoms with Gasteiger partial charge in [-0.15, -0.1) is 13.2 Å². The number of azo groups is 2. The molecule has 0 N–H and O–H groups in total. The predicted octanol–water partition coefficient (Wildman–Crippen LogP) is 12.8. The van der Waals surface area contributed by atoms with E-state index < -0.39 is 11.9 Å². The van der Waals surface area contributed by atoms with E-state index in [-0.39, 0.29) is 22.9 Å². The molecule has 0 spiro atoms. The van der Waals surface area contributed by atoms with E-state index in [1.165, 1.54) is 31.7 Å². The molecule has 12 heteroatoms. The van der Waals surface area contributed by atoms with Crippen molar-refractivity contribution in [2.24, 2.45) is 20.5 Å². The summed E-state index contributed by atoms with van der Waals surface area (Å²) in [4.78, 5) is 33.6. The Balaban J connectivity index is 1.04. The minimum absolute atomic E-state index is 0.0900. The summed E-state index contributed by atoms with van der Waals surface area (Å²) >= 11 is 0. The third kappa shape index (κ3) is 15.0. The summed E-state index contributed by atoms with van der Waals surface area (Å²) in [7, 11) is 0. The summed E-state index contributed by atoms with van der Waals surface area (Å²) in [5.41, 5.74) is 2.96. The molecule has 0 fully saturated rings. The van der Waals surface area contributed by atoms with E-state index in [9.17, 15) is 9.59 Å². The molecule has 0 saturated heterocycles. The van der Waals surface area contributed by atoms with Crippen molar-refractivity contribution < 1.29 is 28.5 Å². The summed E-state index contributed by atoms with van der Waals surface area (Å²) in [5, 5.41) is 17.0. The maximum atomic E-state index is 12.8. The number of ether oxygens (including phenoxy) is 4. The molecular weight excluding hydrogens is 733 g/mol. The van der Waals surface area contributed by atoms with E-state index in [2.05, 4.69) is 43.6 Å². The number of hydrogen-bond acceptors (Lipinski definition) is 12.